The maximum atomic E-state index is 12.6. The lowest BCUT2D eigenvalue weighted by atomic mass is 10.1. The topological polar surface area (TPSA) is 66.1 Å². The maximum absolute atomic E-state index is 12.6. The van der Waals surface area contributed by atoms with Crippen molar-refractivity contribution in [3.63, 3.8) is 0 Å². The van der Waals surface area contributed by atoms with Crippen LogP contribution in [0.25, 0.3) is 0 Å². The number of alkyl halides is 1. The van der Waals surface area contributed by atoms with E-state index in [9.17, 15) is 8.42 Å². The van der Waals surface area contributed by atoms with Gasteiger partial charge in [0.1, 0.15) is 4.90 Å². The molecule has 19 heavy (non-hydrogen) atoms. The number of aromatic nitrogens is 2. The molecule has 0 bridgehead atoms. The first-order chi connectivity index (χ1) is 8.96. The molecule has 0 amide bonds. The average molecular weight is 306 g/mol. The summed E-state index contributed by atoms with van der Waals surface area (Å²) in [5.74, 6) is 0.572. The minimum Gasteiger partial charge on any atom is -0.281 e. The molecule has 108 valence electrons. The molecule has 0 unspecified atom stereocenters. The van der Waals surface area contributed by atoms with Gasteiger partial charge in [0.05, 0.1) is 17.3 Å². The lowest BCUT2D eigenvalue weighted by Crippen LogP contribution is -2.32. The number of nitrogens with one attached hydrogen (secondary N) is 1. The number of rotatable bonds is 5. The highest BCUT2D eigenvalue weighted by Crippen LogP contribution is 2.28. The Labute approximate surface area is 119 Å². The molecule has 0 radical (unpaired) electrons. The summed E-state index contributed by atoms with van der Waals surface area (Å²) in [5.41, 5.74) is 0.950. The maximum Gasteiger partial charge on any atom is 0.246 e. The number of halogens is 1. The Morgan fingerprint density at radius 3 is 2.63 bits per heavy atom. The van der Waals surface area contributed by atoms with Gasteiger partial charge >= 0.3 is 0 Å². The van der Waals surface area contributed by atoms with E-state index in [4.69, 9.17) is 11.6 Å². The van der Waals surface area contributed by atoms with Crippen LogP contribution in [-0.4, -0.2) is 36.5 Å². The van der Waals surface area contributed by atoms with Crippen molar-refractivity contribution in [2.45, 2.75) is 43.4 Å². The third kappa shape index (κ3) is 2.95. The largest absolute Gasteiger partial charge is 0.281 e. The standard InChI is InChI=1S/C12H20ClN3O2S/c1-9-12(11(7-13)15-14-9)19(17,18)16(2)8-10-5-3-4-6-10/h10H,3-8H2,1-2H3,(H,14,15). The third-order valence-corrected chi connectivity index (χ3v) is 6.03. The van der Waals surface area contributed by atoms with E-state index in [0.717, 1.165) is 12.8 Å². The molecule has 2 rings (SSSR count). The second-order valence-electron chi connectivity index (χ2n) is 5.19. The van der Waals surface area contributed by atoms with E-state index in [1.54, 1.807) is 14.0 Å². The Morgan fingerprint density at radius 1 is 1.42 bits per heavy atom. The fraction of sp³-hybridized carbons (Fsp3) is 0.750. The number of hydrogen-bond donors (Lipinski definition) is 1. The Hall–Kier alpha value is -0.590. The van der Waals surface area contributed by atoms with Crippen LogP contribution in [0.4, 0.5) is 0 Å². The lowest BCUT2D eigenvalue weighted by Gasteiger charge is -2.21. The minimum absolute atomic E-state index is 0.0934. The van der Waals surface area contributed by atoms with Gasteiger partial charge < -0.3 is 0 Å². The third-order valence-electron chi connectivity index (χ3n) is 3.75. The fourth-order valence-electron chi connectivity index (χ4n) is 2.71. The van der Waals surface area contributed by atoms with Crippen molar-refractivity contribution in [1.82, 2.24) is 14.5 Å². The zero-order chi connectivity index (χ0) is 14.0. The Kier molecular flexibility index (Phi) is 4.53. The molecule has 0 aliphatic heterocycles. The Balaban J connectivity index is 2.22. The summed E-state index contributed by atoms with van der Waals surface area (Å²) in [6, 6.07) is 0. The number of nitrogens with zero attached hydrogens (tertiary/aromatic N) is 2. The zero-order valence-corrected chi connectivity index (χ0v) is 12.9. The molecular formula is C12H20ClN3O2S. The van der Waals surface area contributed by atoms with E-state index in [0.29, 0.717) is 23.9 Å². The molecule has 1 N–H and O–H groups in total. The lowest BCUT2D eigenvalue weighted by molar-refractivity contribution is 0.387. The quantitative estimate of drug-likeness (QED) is 0.849. The van der Waals surface area contributed by atoms with Gasteiger partial charge in [-0.25, -0.2) is 12.7 Å². The predicted octanol–water partition coefficient (Wildman–Crippen LogP) is 2.27. The monoisotopic (exact) mass is 305 g/mol. The van der Waals surface area contributed by atoms with Crippen molar-refractivity contribution < 1.29 is 8.42 Å². The van der Waals surface area contributed by atoms with Crippen LogP contribution in [0.3, 0.4) is 0 Å². The minimum atomic E-state index is -3.50. The number of sulfonamides is 1. The number of aromatic amines is 1. The number of hydrogen-bond acceptors (Lipinski definition) is 3. The Bertz CT molecular complexity index is 535. The first kappa shape index (κ1) is 14.8. The molecule has 1 aliphatic rings. The molecule has 7 heteroatoms. The summed E-state index contributed by atoms with van der Waals surface area (Å²) in [6.45, 7) is 2.29. The molecule has 5 nitrogen and oxygen atoms in total. The summed E-state index contributed by atoms with van der Waals surface area (Å²) in [4.78, 5) is 0.239. The number of aryl methyl sites for hydroxylation is 1. The summed E-state index contributed by atoms with van der Waals surface area (Å²) >= 11 is 5.76. The SMILES string of the molecule is Cc1[nH]nc(CCl)c1S(=O)(=O)N(C)CC1CCCC1. The highest BCUT2D eigenvalue weighted by atomic mass is 35.5. The second kappa shape index (κ2) is 5.81. The van der Waals surface area contributed by atoms with E-state index >= 15 is 0 Å². The Morgan fingerprint density at radius 2 is 2.05 bits per heavy atom. The summed E-state index contributed by atoms with van der Waals surface area (Å²) < 4.78 is 26.6. The number of H-pyrrole nitrogens is 1. The van der Waals surface area contributed by atoms with Crippen molar-refractivity contribution in [2.24, 2.45) is 5.92 Å². The van der Waals surface area contributed by atoms with Gasteiger partial charge in [-0.3, -0.25) is 5.10 Å². The normalized spacial score (nSPS) is 17.5. The smallest absolute Gasteiger partial charge is 0.246 e. The predicted molar refractivity (Wildman–Crippen MR) is 74.7 cm³/mol. The summed E-state index contributed by atoms with van der Waals surface area (Å²) in [5, 5.41) is 6.65. The van der Waals surface area contributed by atoms with Crippen LogP contribution in [0.15, 0.2) is 4.90 Å². The molecule has 1 heterocycles. The molecule has 0 saturated heterocycles. The fourth-order valence-corrected chi connectivity index (χ4v) is 4.55. The molecular weight excluding hydrogens is 286 g/mol. The molecule has 1 fully saturated rings. The van der Waals surface area contributed by atoms with Crippen LogP contribution in [0.5, 0.6) is 0 Å². The average Bonchev–Trinajstić information content (AvgIpc) is 2.98. The van der Waals surface area contributed by atoms with Crippen LogP contribution in [0, 0.1) is 12.8 Å². The van der Waals surface area contributed by atoms with E-state index in [2.05, 4.69) is 10.2 Å². The molecule has 0 atom stereocenters. The van der Waals surface area contributed by atoms with Crippen LogP contribution >= 0.6 is 11.6 Å². The molecule has 1 aromatic heterocycles. The zero-order valence-electron chi connectivity index (χ0n) is 11.3. The van der Waals surface area contributed by atoms with Crippen molar-refractivity contribution in [1.29, 1.82) is 0 Å². The van der Waals surface area contributed by atoms with Crippen molar-refractivity contribution >= 4 is 21.6 Å². The molecule has 1 saturated carbocycles. The second-order valence-corrected chi connectivity index (χ2v) is 7.44. The summed E-state index contributed by atoms with van der Waals surface area (Å²) in [6.07, 6.45) is 4.64. The van der Waals surface area contributed by atoms with E-state index < -0.39 is 10.0 Å². The van der Waals surface area contributed by atoms with Gasteiger partial charge in [0.15, 0.2) is 0 Å². The van der Waals surface area contributed by atoms with Gasteiger partial charge in [-0.15, -0.1) is 11.6 Å². The van der Waals surface area contributed by atoms with Gasteiger partial charge in [-0.05, 0) is 25.7 Å². The van der Waals surface area contributed by atoms with Gasteiger partial charge in [0, 0.05) is 13.6 Å². The van der Waals surface area contributed by atoms with Gasteiger partial charge in [0.25, 0.3) is 0 Å². The van der Waals surface area contributed by atoms with Crippen molar-refractivity contribution in [3.8, 4) is 0 Å². The van der Waals surface area contributed by atoms with Crippen LogP contribution in [0.1, 0.15) is 37.1 Å². The summed E-state index contributed by atoms with van der Waals surface area (Å²) in [7, 11) is -1.86. The molecule has 0 aromatic carbocycles. The van der Waals surface area contributed by atoms with Crippen LogP contribution < -0.4 is 0 Å². The van der Waals surface area contributed by atoms with Crippen molar-refractivity contribution in [2.75, 3.05) is 13.6 Å². The molecule has 1 aromatic rings. The van der Waals surface area contributed by atoms with Gasteiger partial charge in [-0.2, -0.15) is 5.10 Å². The highest BCUT2D eigenvalue weighted by Gasteiger charge is 2.30. The molecule has 1 aliphatic carbocycles. The van der Waals surface area contributed by atoms with Gasteiger partial charge in [-0.1, -0.05) is 12.8 Å². The van der Waals surface area contributed by atoms with E-state index in [1.165, 1.54) is 17.1 Å². The van der Waals surface area contributed by atoms with Crippen LogP contribution in [0.2, 0.25) is 0 Å². The van der Waals surface area contributed by atoms with Crippen molar-refractivity contribution in [3.05, 3.63) is 11.4 Å². The highest BCUT2D eigenvalue weighted by molar-refractivity contribution is 7.89. The van der Waals surface area contributed by atoms with E-state index in [-0.39, 0.29) is 10.8 Å². The van der Waals surface area contributed by atoms with Crippen LogP contribution in [-0.2, 0) is 15.9 Å². The first-order valence-corrected chi connectivity index (χ1v) is 8.50. The van der Waals surface area contributed by atoms with E-state index in [1.807, 2.05) is 0 Å². The molecule has 0 spiro atoms. The first-order valence-electron chi connectivity index (χ1n) is 6.53. The van der Waals surface area contributed by atoms with Gasteiger partial charge in [0.2, 0.25) is 10.0 Å².